The van der Waals surface area contributed by atoms with Crippen molar-refractivity contribution in [3.8, 4) is 0 Å². The molecule has 112 valence electrons. The average molecular weight is 365 g/mol. The molecule has 1 aliphatic rings. The van der Waals surface area contributed by atoms with Gasteiger partial charge in [-0.3, -0.25) is 4.72 Å². The van der Waals surface area contributed by atoms with E-state index in [1.807, 2.05) is 0 Å². The topological polar surface area (TPSA) is 58.2 Å². The molecule has 7 heteroatoms. The van der Waals surface area contributed by atoms with Crippen LogP contribution in [-0.2, 0) is 10.0 Å². The first-order chi connectivity index (χ1) is 9.46. The van der Waals surface area contributed by atoms with E-state index >= 15 is 0 Å². The number of benzene rings is 1. The molecule has 1 aromatic carbocycles. The van der Waals surface area contributed by atoms with Crippen LogP contribution in [0.2, 0.25) is 0 Å². The second kappa shape index (κ2) is 6.87. The summed E-state index contributed by atoms with van der Waals surface area (Å²) < 4.78 is 40.1. The molecular weight excluding hydrogens is 347 g/mol. The number of anilines is 1. The number of hydrogen-bond donors (Lipinski definition) is 2. The van der Waals surface area contributed by atoms with Gasteiger partial charge >= 0.3 is 0 Å². The molecule has 2 N–H and O–H groups in total. The Hall–Kier alpha value is -0.660. The highest BCUT2D eigenvalue weighted by Gasteiger charge is 2.19. The second-order valence-electron chi connectivity index (χ2n) is 4.98. The molecule has 20 heavy (non-hydrogen) atoms. The van der Waals surface area contributed by atoms with Crippen molar-refractivity contribution in [1.82, 2.24) is 5.32 Å². The van der Waals surface area contributed by atoms with Crippen LogP contribution in [0.25, 0.3) is 0 Å². The smallest absolute Gasteiger partial charge is 0.232 e. The Morgan fingerprint density at radius 3 is 2.70 bits per heavy atom. The minimum atomic E-state index is -3.49. The van der Waals surface area contributed by atoms with Crippen LogP contribution in [0, 0.1) is 5.82 Å². The predicted octanol–water partition coefficient (Wildman–Crippen LogP) is 2.86. The zero-order valence-electron chi connectivity index (χ0n) is 11.0. The van der Waals surface area contributed by atoms with Gasteiger partial charge in [0.2, 0.25) is 10.0 Å². The maximum absolute atomic E-state index is 13.6. The van der Waals surface area contributed by atoms with E-state index < -0.39 is 15.8 Å². The van der Waals surface area contributed by atoms with Crippen LogP contribution in [0.3, 0.4) is 0 Å². The van der Waals surface area contributed by atoms with Gasteiger partial charge in [-0.2, -0.15) is 0 Å². The third-order valence-electron chi connectivity index (χ3n) is 3.05. The van der Waals surface area contributed by atoms with Crippen molar-refractivity contribution in [3.63, 3.8) is 0 Å². The minimum Gasteiger partial charge on any atom is -0.314 e. The molecular formula is C13H18BrFN2O2S. The first kappa shape index (κ1) is 15.7. The molecule has 0 bridgehead atoms. The number of halogens is 2. The molecule has 0 aromatic heterocycles. The summed E-state index contributed by atoms with van der Waals surface area (Å²) in [5, 5.41) is 3.33. The van der Waals surface area contributed by atoms with Gasteiger partial charge in [0.05, 0.1) is 11.4 Å². The average Bonchev–Trinajstić information content (AvgIpc) is 3.16. The Morgan fingerprint density at radius 2 is 2.05 bits per heavy atom. The van der Waals surface area contributed by atoms with E-state index in [9.17, 15) is 12.8 Å². The highest BCUT2D eigenvalue weighted by molar-refractivity contribution is 9.10. The summed E-state index contributed by atoms with van der Waals surface area (Å²) in [6.45, 7) is 0.840. The van der Waals surface area contributed by atoms with Crippen LogP contribution in [0.4, 0.5) is 10.1 Å². The van der Waals surface area contributed by atoms with Crippen LogP contribution in [0.1, 0.15) is 25.7 Å². The zero-order valence-corrected chi connectivity index (χ0v) is 13.4. The van der Waals surface area contributed by atoms with Crippen LogP contribution < -0.4 is 10.0 Å². The second-order valence-corrected chi connectivity index (χ2v) is 7.74. The van der Waals surface area contributed by atoms with E-state index in [1.54, 1.807) is 6.07 Å². The molecule has 1 aromatic rings. The quantitative estimate of drug-likeness (QED) is 0.697. The first-order valence-electron chi connectivity index (χ1n) is 6.65. The number of rotatable bonds is 8. The van der Waals surface area contributed by atoms with E-state index in [2.05, 4.69) is 26.0 Å². The SMILES string of the molecule is O=S(=O)(CCCCNC1CC1)Nc1ccc(Br)cc1F. The highest BCUT2D eigenvalue weighted by atomic mass is 79.9. The number of sulfonamides is 1. The van der Waals surface area contributed by atoms with E-state index in [4.69, 9.17) is 0 Å². The molecule has 1 saturated carbocycles. The van der Waals surface area contributed by atoms with Gasteiger partial charge in [0, 0.05) is 10.5 Å². The molecule has 0 spiro atoms. The first-order valence-corrected chi connectivity index (χ1v) is 9.10. The van der Waals surface area contributed by atoms with Gasteiger partial charge in [-0.25, -0.2) is 12.8 Å². The fraction of sp³-hybridized carbons (Fsp3) is 0.538. The van der Waals surface area contributed by atoms with E-state index in [1.165, 1.54) is 25.0 Å². The maximum Gasteiger partial charge on any atom is 0.232 e. The molecule has 0 radical (unpaired) electrons. The molecule has 0 aliphatic heterocycles. The lowest BCUT2D eigenvalue weighted by Gasteiger charge is -2.09. The number of unbranched alkanes of at least 4 members (excludes halogenated alkanes) is 1. The lowest BCUT2D eigenvalue weighted by Crippen LogP contribution is -2.20. The highest BCUT2D eigenvalue weighted by Crippen LogP contribution is 2.21. The van der Waals surface area contributed by atoms with E-state index in [0.717, 1.165) is 13.0 Å². The van der Waals surface area contributed by atoms with Crippen molar-refractivity contribution in [2.45, 2.75) is 31.7 Å². The third kappa shape index (κ3) is 5.38. The molecule has 0 heterocycles. The van der Waals surface area contributed by atoms with E-state index in [-0.39, 0.29) is 11.4 Å². The lowest BCUT2D eigenvalue weighted by atomic mass is 10.3. The summed E-state index contributed by atoms with van der Waals surface area (Å²) in [7, 11) is -3.49. The van der Waals surface area contributed by atoms with Gasteiger partial charge in [0.1, 0.15) is 5.82 Å². The van der Waals surface area contributed by atoms with Gasteiger partial charge in [-0.05, 0) is 50.4 Å². The zero-order chi connectivity index (χ0) is 14.6. The van der Waals surface area contributed by atoms with Gasteiger partial charge in [-0.15, -0.1) is 0 Å². The molecule has 0 unspecified atom stereocenters. The largest absolute Gasteiger partial charge is 0.314 e. The standard InChI is InChI=1S/C13H18BrFN2O2S/c14-10-3-6-13(12(15)9-10)17-20(18,19)8-2-1-7-16-11-4-5-11/h3,6,9,11,16-17H,1-2,4-5,7-8H2. The van der Waals surface area contributed by atoms with Crippen LogP contribution in [0.15, 0.2) is 22.7 Å². The molecule has 1 aliphatic carbocycles. The third-order valence-corrected chi connectivity index (χ3v) is 4.90. The Labute approximate surface area is 127 Å². The summed E-state index contributed by atoms with van der Waals surface area (Å²) in [6.07, 6.45) is 3.82. The van der Waals surface area contributed by atoms with Crippen LogP contribution >= 0.6 is 15.9 Å². The number of hydrogen-bond acceptors (Lipinski definition) is 3. The normalized spacial score (nSPS) is 15.3. The Bertz CT molecular complexity index is 561. The summed E-state index contributed by atoms with van der Waals surface area (Å²) in [5.74, 6) is -0.576. The van der Waals surface area contributed by atoms with Gasteiger partial charge in [0.25, 0.3) is 0 Å². The van der Waals surface area contributed by atoms with E-state index in [0.29, 0.717) is 16.9 Å². The Balaban J connectivity index is 1.77. The summed E-state index contributed by atoms with van der Waals surface area (Å²) in [4.78, 5) is 0. The molecule has 4 nitrogen and oxygen atoms in total. The van der Waals surface area contributed by atoms with Crippen LogP contribution in [-0.4, -0.2) is 26.8 Å². The van der Waals surface area contributed by atoms with Crippen molar-refractivity contribution in [2.24, 2.45) is 0 Å². The van der Waals surface area contributed by atoms with Crippen molar-refractivity contribution in [1.29, 1.82) is 0 Å². The summed E-state index contributed by atoms with van der Waals surface area (Å²) in [5.41, 5.74) is -0.00990. The molecule has 0 saturated heterocycles. The van der Waals surface area contributed by atoms with Crippen LogP contribution in [0.5, 0.6) is 0 Å². The molecule has 0 amide bonds. The Kier molecular flexibility index (Phi) is 5.40. The lowest BCUT2D eigenvalue weighted by molar-refractivity contribution is 0.589. The predicted molar refractivity (Wildman–Crippen MR) is 81.8 cm³/mol. The van der Waals surface area contributed by atoms with Crippen molar-refractivity contribution < 1.29 is 12.8 Å². The van der Waals surface area contributed by atoms with Crippen molar-refractivity contribution in [2.75, 3.05) is 17.0 Å². The minimum absolute atomic E-state index is 0.00878. The maximum atomic E-state index is 13.6. The van der Waals surface area contributed by atoms with Gasteiger partial charge < -0.3 is 5.32 Å². The number of nitrogens with one attached hydrogen (secondary N) is 2. The molecule has 1 fully saturated rings. The summed E-state index contributed by atoms with van der Waals surface area (Å²) >= 11 is 3.13. The van der Waals surface area contributed by atoms with Gasteiger partial charge in [-0.1, -0.05) is 15.9 Å². The molecule has 2 rings (SSSR count). The molecule has 0 atom stereocenters. The summed E-state index contributed by atoms with van der Waals surface area (Å²) in [6, 6.07) is 4.88. The fourth-order valence-electron chi connectivity index (χ4n) is 1.80. The van der Waals surface area contributed by atoms with Gasteiger partial charge in [0.15, 0.2) is 0 Å². The van der Waals surface area contributed by atoms with Crippen molar-refractivity contribution in [3.05, 3.63) is 28.5 Å². The Morgan fingerprint density at radius 1 is 1.30 bits per heavy atom. The van der Waals surface area contributed by atoms with Crippen molar-refractivity contribution >= 4 is 31.6 Å². The monoisotopic (exact) mass is 364 g/mol. The fourth-order valence-corrected chi connectivity index (χ4v) is 3.32.